The van der Waals surface area contributed by atoms with Gasteiger partial charge in [0.05, 0.1) is 4.90 Å². The number of nitrogens with one attached hydrogen (secondary N) is 1. The van der Waals surface area contributed by atoms with E-state index in [1.807, 2.05) is 0 Å². The van der Waals surface area contributed by atoms with E-state index in [9.17, 15) is 17.9 Å². The minimum absolute atomic E-state index is 0.0623. The van der Waals surface area contributed by atoms with Gasteiger partial charge in [-0.3, -0.25) is 9.71 Å². The fraction of sp³-hybridized carbons (Fsp3) is 0.143. The molecule has 10 heteroatoms. The van der Waals surface area contributed by atoms with Crippen LogP contribution in [0.4, 0.5) is 9.52 Å². The molecule has 0 aliphatic rings. The number of hydrogen-bond donors (Lipinski definition) is 2. The second-order valence-electron chi connectivity index (χ2n) is 6.60. The first-order valence-electron chi connectivity index (χ1n) is 9.04. The van der Waals surface area contributed by atoms with Gasteiger partial charge in [-0.25, -0.2) is 17.8 Å². The summed E-state index contributed by atoms with van der Waals surface area (Å²) < 4.78 is 42.1. The monoisotopic (exact) mass is 479 g/mol. The maximum atomic E-state index is 14.9. The van der Waals surface area contributed by atoms with Crippen molar-refractivity contribution in [1.82, 2.24) is 9.97 Å². The summed E-state index contributed by atoms with van der Waals surface area (Å²) in [5, 5.41) is 13.1. The highest BCUT2D eigenvalue weighted by Gasteiger charge is 2.22. The highest BCUT2D eigenvalue weighted by atomic mass is 35.5. The third-order valence-corrected chi connectivity index (χ3v) is 6.65. The first-order chi connectivity index (χ1) is 14.7. The zero-order valence-electron chi connectivity index (χ0n) is 16.6. The standard InChI is InChI=1S/C21H19ClFN3O3S2/c1-13(22)10-18(15-4-3-7-24-12-15)14(2)20(27)17-6-5-16(11-19(17)23)31(28,29)26-21-25-8-9-30-21/h3-12,20,27H,1-2H3,(H,25,26)/b13-10+,18-14-. The van der Waals surface area contributed by atoms with Crippen molar-refractivity contribution in [1.29, 1.82) is 0 Å². The molecule has 0 amide bonds. The van der Waals surface area contributed by atoms with Gasteiger partial charge in [0, 0.05) is 40.1 Å². The van der Waals surface area contributed by atoms with E-state index in [2.05, 4.69) is 14.7 Å². The maximum Gasteiger partial charge on any atom is 0.263 e. The molecule has 0 fully saturated rings. The van der Waals surface area contributed by atoms with E-state index in [1.165, 1.54) is 18.3 Å². The van der Waals surface area contributed by atoms with Gasteiger partial charge in [-0.05, 0) is 49.3 Å². The molecule has 162 valence electrons. The Morgan fingerprint density at radius 2 is 2.06 bits per heavy atom. The number of allylic oxidation sites excluding steroid dienone is 3. The Morgan fingerprint density at radius 1 is 1.29 bits per heavy atom. The zero-order chi connectivity index (χ0) is 22.6. The number of sulfonamides is 1. The molecule has 0 bridgehead atoms. The highest BCUT2D eigenvalue weighted by molar-refractivity contribution is 7.93. The molecule has 2 N–H and O–H groups in total. The van der Waals surface area contributed by atoms with Gasteiger partial charge in [-0.1, -0.05) is 23.7 Å². The molecule has 0 aliphatic carbocycles. The number of halogens is 2. The molecule has 0 radical (unpaired) electrons. The van der Waals surface area contributed by atoms with Crippen LogP contribution < -0.4 is 4.72 Å². The molecule has 2 heterocycles. The van der Waals surface area contributed by atoms with Gasteiger partial charge in [0.2, 0.25) is 0 Å². The molecule has 2 aromatic heterocycles. The number of aliphatic hydroxyl groups excluding tert-OH is 1. The van der Waals surface area contributed by atoms with Gasteiger partial charge in [-0.2, -0.15) is 0 Å². The molecule has 0 saturated heterocycles. The Morgan fingerprint density at radius 3 is 2.65 bits per heavy atom. The number of hydrogen-bond acceptors (Lipinski definition) is 6. The number of pyridine rings is 1. The minimum Gasteiger partial charge on any atom is -0.384 e. The summed E-state index contributed by atoms with van der Waals surface area (Å²) in [5.74, 6) is -0.856. The van der Waals surface area contributed by atoms with Crippen LogP contribution in [0.3, 0.4) is 0 Å². The van der Waals surface area contributed by atoms with Crippen LogP contribution in [-0.2, 0) is 10.0 Å². The summed E-state index contributed by atoms with van der Waals surface area (Å²) in [6.45, 7) is 3.34. The van der Waals surface area contributed by atoms with Crippen LogP contribution in [-0.4, -0.2) is 23.5 Å². The van der Waals surface area contributed by atoms with E-state index in [4.69, 9.17) is 11.6 Å². The number of anilines is 1. The summed E-state index contributed by atoms with van der Waals surface area (Å²) in [6, 6.07) is 6.89. The molecule has 1 aromatic carbocycles. The van der Waals surface area contributed by atoms with Crippen molar-refractivity contribution in [3.05, 3.63) is 87.9 Å². The summed E-state index contributed by atoms with van der Waals surface area (Å²) in [5.41, 5.74) is 1.66. The van der Waals surface area contributed by atoms with E-state index in [0.29, 0.717) is 21.7 Å². The van der Waals surface area contributed by atoms with Crippen molar-refractivity contribution < 1.29 is 17.9 Å². The fourth-order valence-corrected chi connectivity index (χ4v) is 4.78. The first kappa shape index (κ1) is 23.1. The lowest BCUT2D eigenvalue weighted by atomic mass is 9.94. The molecule has 1 atom stereocenters. The van der Waals surface area contributed by atoms with Crippen LogP contribution in [0.1, 0.15) is 31.1 Å². The molecule has 0 saturated carbocycles. The van der Waals surface area contributed by atoms with Gasteiger partial charge in [0.1, 0.15) is 11.9 Å². The quantitative estimate of drug-likeness (QED) is 0.458. The molecule has 3 aromatic rings. The van der Waals surface area contributed by atoms with Crippen LogP contribution in [0, 0.1) is 5.82 Å². The predicted molar refractivity (Wildman–Crippen MR) is 121 cm³/mol. The molecular formula is C21H19ClFN3O3S2. The average Bonchev–Trinajstić information content (AvgIpc) is 3.23. The normalized spacial score (nSPS) is 14.2. The summed E-state index contributed by atoms with van der Waals surface area (Å²) in [7, 11) is -4.01. The van der Waals surface area contributed by atoms with E-state index in [-0.39, 0.29) is 15.6 Å². The molecule has 6 nitrogen and oxygen atoms in total. The van der Waals surface area contributed by atoms with Gasteiger partial charge in [0.25, 0.3) is 10.0 Å². The van der Waals surface area contributed by atoms with E-state index < -0.39 is 21.9 Å². The van der Waals surface area contributed by atoms with Crippen molar-refractivity contribution >= 4 is 43.7 Å². The Labute approximate surface area is 188 Å². The molecule has 0 aliphatic heterocycles. The first-order valence-corrected chi connectivity index (χ1v) is 11.8. The minimum atomic E-state index is -4.01. The summed E-state index contributed by atoms with van der Waals surface area (Å²) in [6.07, 6.45) is 5.01. The fourth-order valence-electron chi connectivity index (χ4n) is 2.87. The van der Waals surface area contributed by atoms with Crippen LogP contribution in [0.5, 0.6) is 0 Å². The van der Waals surface area contributed by atoms with Crippen molar-refractivity contribution in [2.24, 2.45) is 0 Å². The SMILES string of the molecule is C/C(=C(\C=C(/C)Cl)c1cccnc1)C(O)c1ccc(S(=O)(=O)Nc2nccs2)cc1F. The molecular weight excluding hydrogens is 461 g/mol. The van der Waals surface area contributed by atoms with Crippen molar-refractivity contribution in [3.63, 3.8) is 0 Å². The van der Waals surface area contributed by atoms with Crippen LogP contribution in [0.25, 0.3) is 5.57 Å². The lowest BCUT2D eigenvalue weighted by Crippen LogP contribution is -2.14. The van der Waals surface area contributed by atoms with E-state index >= 15 is 0 Å². The van der Waals surface area contributed by atoms with Crippen LogP contribution in [0.15, 0.2) is 75.9 Å². The van der Waals surface area contributed by atoms with Crippen molar-refractivity contribution in [3.8, 4) is 0 Å². The Kier molecular flexibility index (Phi) is 7.22. The number of aliphatic hydroxyl groups is 1. The molecule has 1 unspecified atom stereocenters. The Bertz CT molecular complexity index is 1220. The number of nitrogens with zero attached hydrogens (tertiary/aromatic N) is 2. The molecule has 0 spiro atoms. The van der Waals surface area contributed by atoms with Gasteiger partial charge in [-0.15, -0.1) is 11.3 Å². The zero-order valence-corrected chi connectivity index (χ0v) is 19.0. The van der Waals surface area contributed by atoms with Crippen molar-refractivity contribution in [2.45, 2.75) is 24.8 Å². The third-order valence-electron chi connectivity index (χ3n) is 4.38. The number of rotatable bonds is 7. The summed E-state index contributed by atoms with van der Waals surface area (Å²) in [4.78, 5) is 7.65. The Hall–Kier alpha value is -2.59. The summed E-state index contributed by atoms with van der Waals surface area (Å²) >= 11 is 7.15. The molecule has 3 rings (SSSR count). The lowest BCUT2D eigenvalue weighted by molar-refractivity contribution is 0.211. The van der Waals surface area contributed by atoms with Crippen molar-refractivity contribution in [2.75, 3.05) is 4.72 Å². The molecule has 31 heavy (non-hydrogen) atoms. The number of thiazole rings is 1. The Balaban J connectivity index is 1.98. The third kappa shape index (κ3) is 5.56. The van der Waals surface area contributed by atoms with Crippen LogP contribution >= 0.6 is 22.9 Å². The number of benzene rings is 1. The van der Waals surface area contributed by atoms with Gasteiger partial charge < -0.3 is 5.11 Å². The van der Waals surface area contributed by atoms with Gasteiger partial charge >= 0.3 is 0 Å². The topological polar surface area (TPSA) is 92.2 Å². The van der Waals surface area contributed by atoms with Crippen LogP contribution in [0.2, 0.25) is 0 Å². The highest BCUT2D eigenvalue weighted by Crippen LogP contribution is 2.33. The smallest absolute Gasteiger partial charge is 0.263 e. The second-order valence-corrected chi connectivity index (χ2v) is 9.77. The number of aromatic nitrogens is 2. The van der Waals surface area contributed by atoms with E-state index in [0.717, 1.165) is 17.4 Å². The second kappa shape index (κ2) is 9.69. The largest absolute Gasteiger partial charge is 0.384 e. The lowest BCUT2D eigenvalue weighted by Gasteiger charge is -2.17. The predicted octanol–water partition coefficient (Wildman–Crippen LogP) is 5.13. The average molecular weight is 480 g/mol. The van der Waals surface area contributed by atoms with Gasteiger partial charge in [0.15, 0.2) is 5.13 Å². The maximum absolute atomic E-state index is 14.9. The van der Waals surface area contributed by atoms with E-state index in [1.54, 1.807) is 49.8 Å².